The van der Waals surface area contributed by atoms with Crippen LogP contribution in [0.15, 0.2) is 24.3 Å². The molecule has 1 aromatic carbocycles. The van der Waals surface area contributed by atoms with Crippen LogP contribution in [0.4, 0.5) is 5.69 Å². The van der Waals surface area contributed by atoms with Crippen LogP contribution in [-0.2, 0) is 13.7 Å². The second-order valence-corrected chi connectivity index (χ2v) is 4.64. The summed E-state index contributed by atoms with van der Waals surface area (Å²) in [6, 6.07) is 7.35. The van der Waals surface area contributed by atoms with Crippen molar-refractivity contribution in [3.63, 3.8) is 0 Å². The van der Waals surface area contributed by atoms with E-state index in [1.807, 2.05) is 31.3 Å². The van der Waals surface area contributed by atoms with Gasteiger partial charge in [-0.15, -0.1) is 0 Å². The van der Waals surface area contributed by atoms with Crippen molar-refractivity contribution in [1.29, 1.82) is 0 Å². The number of hydrogen-bond donors (Lipinski definition) is 1. The van der Waals surface area contributed by atoms with Crippen molar-refractivity contribution in [2.45, 2.75) is 25.4 Å². The maximum Gasteiger partial charge on any atom is 0.164 e. The fourth-order valence-electron chi connectivity index (χ4n) is 1.79. The Kier molecular flexibility index (Phi) is 2.66. The van der Waals surface area contributed by atoms with Crippen molar-refractivity contribution in [1.82, 2.24) is 14.8 Å². The summed E-state index contributed by atoms with van der Waals surface area (Å²) in [5.74, 6) is 3.17. The molecule has 3 rings (SSSR count). The lowest BCUT2D eigenvalue weighted by Crippen LogP contribution is -2.04. The van der Waals surface area contributed by atoms with Crippen molar-refractivity contribution in [2.24, 2.45) is 7.05 Å². The fourth-order valence-corrected chi connectivity index (χ4v) is 1.79. The van der Waals surface area contributed by atoms with Crippen LogP contribution in [0.3, 0.4) is 0 Å². The molecule has 0 saturated heterocycles. The molecule has 0 spiro atoms. The highest BCUT2D eigenvalue weighted by Crippen LogP contribution is 2.38. The first-order valence-electron chi connectivity index (χ1n) is 6.10. The molecule has 0 amide bonds. The van der Waals surface area contributed by atoms with Gasteiger partial charge in [0.2, 0.25) is 0 Å². The van der Waals surface area contributed by atoms with Gasteiger partial charge in [-0.1, -0.05) is 0 Å². The Morgan fingerprint density at radius 2 is 2.06 bits per heavy atom. The maximum absolute atomic E-state index is 5.66. The molecule has 2 aromatic rings. The summed E-state index contributed by atoms with van der Waals surface area (Å²) in [6.45, 7) is 0.431. The van der Waals surface area contributed by atoms with E-state index in [0.717, 1.165) is 23.1 Å². The van der Waals surface area contributed by atoms with Gasteiger partial charge in [0.05, 0.1) is 0 Å². The first kappa shape index (κ1) is 11.1. The molecule has 0 radical (unpaired) electrons. The summed E-state index contributed by atoms with van der Waals surface area (Å²) >= 11 is 0. The average molecular weight is 244 g/mol. The standard InChI is InChI=1S/C13H16N4O/c1-17-12(15-13(16-17)9-2-3-9)8-18-11-6-4-10(14)5-7-11/h4-7,9H,2-3,8,14H2,1H3. The lowest BCUT2D eigenvalue weighted by atomic mass is 10.3. The van der Waals surface area contributed by atoms with Crippen molar-refractivity contribution in [3.05, 3.63) is 35.9 Å². The minimum atomic E-state index is 0.431. The van der Waals surface area contributed by atoms with Crippen LogP contribution in [0, 0.1) is 0 Å². The van der Waals surface area contributed by atoms with Gasteiger partial charge in [0.1, 0.15) is 12.4 Å². The van der Waals surface area contributed by atoms with Crippen molar-refractivity contribution < 1.29 is 4.74 Å². The summed E-state index contributed by atoms with van der Waals surface area (Å²) in [5, 5.41) is 4.40. The lowest BCUT2D eigenvalue weighted by molar-refractivity contribution is 0.290. The minimum Gasteiger partial charge on any atom is -0.486 e. The van der Waals surface area contributed by atoms with Crippen LogP contribution in [0.5, 0.6) is 5.75 Å². The fraction of sp³-hybridized carbons (Fsp3) is 0.385. The topological polar surface area (TPSA) is 66.0 Å². The highest BCUT2D eigenvalue weighted by molar-refractivity contribution is 5.41. The number of benzene rings is 1. The molecule has 1 aliphatic rings. The molecule has 0 aliphatic heterocycles. The number of nitrogen functional groups attached to an aromatic ring is 1. The zero-order chi connectivity index (χ0) is 12.5. The van der Waals surface area contributed by atoms with Crippen LogP contribution in [-0.4, -0.2) is 14.8 Å². The first-order chi connectivity index (χ1) is 8.72. The Morgan fingerprint density at radius 1 is 1.33 bits per heavy atom. The molecule has 1 saturated carbocycles. The van der Waals surface area contributed by atoms with E-state index in [1.165, 1.54) is 12.8 Å². The number of anilines is 1. The second kappa shape index (κ2) is 4.33. The number of ether oxygens (including phenoxy) is 1. The largest absolute Gasteiger partial charge is 0.486 e. The highest BCUT2D eigenvalue weighted by atomic mass is 16.5. The Morgan fingerprint density at radius 3 is 2.72 bits per heavy atom. The number of nitrogens with two attached hydrogens (primary N) is 1. The Hall–Kier alpha value is -2.04. The predicted octanol–water partition coefficient (Wildman–Crippen LogP) is 1.85. The molecule has 5 nitrogen and oxygen atoms in total. The molecular formula is C13H16N4O. The third-order valence-electron chi connectivity index (χ3n) is 3.06. The summed E-state index contributed by atoms with van der Waals surface area (Å²) in [5.41, 5.74) is 6.35. The maximum atomic E-state index is 5.66. The molecule has 1 aliphatic carbocycles. The van der Waals surface area contributed by atoms with Gasteiger partial charge in [-0.3, -0.25) is 0 Å². The van der Waals surface area contributed by atoms with Crippen molar-refractivity contribution >= 4 is 5.69 Å². The smallest absolute Gasteiger partial charge is 0.164 e. The molecule has 0 bridgehead atoms. The number of hydrogen-bond acceptors (Lipinski definition) is 4. The number of rotatable bonds is 4. The van der Waals surface area contributed by atoms with Gasteiger partial charge in [-0.25, -0.2) is 9.67 Å². The predicted molar refractivity (Wildman–Crippen MR) is 68.2 cm³/mol. The van der Waals surface area contributed by atoms with E-state index in [0.29, 0.717) is 12.5 Å². The Labute approximate surface area is 106 Å². The number of aryl methyl sites for hydroxylation is 1. The minimum absolute atomic E-state index is 0.431. The van der Waals surface area contributed by atoms with Crippen molar-refractivity contribution in [2.75, 3.05) is 5.73 Å². The summed E-state index contributed by atoms with van der Waals surface area (Å²) < 4.78 is 7.46. The van der Waals surface area contributed by atoms with E-state index in [1.54, 1.807) is 4.68 Å². The van der Waals surface area contributed by atoms with Gasteiger partial charge in [0, 0.05) is 18.7 Å². The Balaban J connectivity index is 1.67. The van der Waals surface area contributed by atoms with Crippen molar-refractivity contribution in [3.8, 4) is 5.75 Å². The van der Waals surface area contributed by atoms with Gasteiger partial charge >= 0.3 is 0 Å². The van der Waals surface area contributed by atoms with E-state index in [2.05, 4.69) is 10.1 Å². The average Bonchev–Trinajstić information content (AvgIpc) is 3.14. The molecule has 18 heavy (non-hydrogen) atoms. The van der Waals surface area contributed by atoms with Gasteiger partial charge in [0.15, 0.2) is 11.6 Å². The molecule has 5 heteroatoms. The molecule has 0 atom stereocenters. The summed E-state index contributed by atoms with van der Waals surface area (Å²) in [6.07, 6.45) is 2.42. The first-order valence-corrected chi connectivity index (χ1v) is 6.10. The van der Waals surface area contributed by atoms with E-state index < -0.39 is 0 Å². The molecule has 1 heterocycles. The zero-order valence-corrected chi connectivity index (χ0v) is 10.3. The molecule has 2 N–H and O–H groups in total. The Bertz CT molecular complexity index is 543. The quantitative estimate of drug-likeness (QED) is 0.833. The number of aromatic nitrogens is 3. The van der Waals surface area contributed by atoms with Gasteiger partial charge < -0.3 is 10.5 Å². The van der Waals surface area contributed by atoms with E-state index in [9.17, 15) is 0 Å². The molecule has 0 unspecified atom stereocenters. The SMILES string of the molecule is Cn1nc(C2CC2)nc1COc1ccc(N)cc1. The third-order valence-corrected chi connectivity index (χ3v) is 3.06. The lowest BCUT2D eigenvalue weighted by Gasteiger charge is -2.05. The van der Waals surface area contributed by atoms with E-state index in [-0.39, 0.29) is 0 Å². The van der Waals surface area contributed by atoms with Crippen LogP contribution < -0.4 is 10.5 Å². The zero-order valence-electron chi connectivity index (χ0n) is 10.3. The van der Waals surface area contributed by atoms with Gasteiger partial charge in [-0.05, 0) is 37.1 Å². The second-order valence-electron chi connectivity index (χ2n) is 4.64. The molecular weight excluding hydrogens is 228 g/mol. The molecule has 94 valence electrons. The van der Waals surface area contributed by atoms with Gasteiger partial charge in [0.25, 0.3) is 0 Å². The van der Waals surface area contributed by atoms with Crippen LogP contribution in [0.25, 0.3) is 0 Å². The monoisotopic (exact) mass is 244 g/mol. The third kappa shape index (κ3) is 2.30. The van der Waals surface area contributed by atoms with Gasteiger partial charge in [-0.2, -0.15) is 5.10 Å². The molecule has 1 aromatic heterocycles. The van der Waals surface area contributed by atoms with Crippen LogP contribution in [0.1, 0.15) is 30.4 Å². The number of nitrogens with zero attached hydrogens (tertiary/aromatic N) is 3. The normalized spacial score (nSPS) is 14.7. The highest BCUT2D eigenvalue weighted by Gasteiger charge is 2.28. The van der Waals surface area contributed by atoms with E-state index >= 15 is 0 Å². The molecule has 1 fully saturated rings. The van der Waals surface area contributed by atoms with Crippen LogP contribution >= 0.6 is 0 Å². The van der Waals surface area contributed by atoms with Crippen LogP contribution in [0.2, 0.25) is 0 Å². The summed E-state index contributed by atoms with van der Waals surface area (Å²) in [7, 11) is 1.90. The summed E-state index contributed by atoms with van der Waals surface area (Å²) in [4.78, 5) is 4.51. The van der Waals surface area contributed by atoms with E-state index in [4.69, 9.17) is 10.5 Å².